The maximum atomic E-state index is 5.77. The predicted octanol–water partition coefficient (Wildman–Crippen LogP) is 2.39. The molecule has 0 unspecified atom stereocenters. The van der Waals surface area contributed by atoms with E-state index >= 15 is 0 Å². The molecule has 1 aliphatic heterocycles. The molecule has 0 aliphatic carbocycles. The van der Waals surface area contributed by atoms with Gasteiger partial charge in [0, 0.05) is 18.7 Å². The van der Waals surface area contributed by atoms with E-state index in [1.165, 1.54) is 0 Å². The van der Waals surface area contributed by atoms with Gasteiger partial charge in [0.05, 0.1) is 17.2 Å². The van der Waals surface area contributed by atoms with Gasteiger partial charge in [0.2, 0.25) is 5.82 Å². The molecule has 1 aliphatic rings. The van der Waals surface area contributed by atoms with E-state index in [1.807, 2.05) is 18.2 Å². The number of halogens is 1. The molecule has 3 rings (SSSR count). The van der Waals surface area contributed by atoms with Crippen molar-refractivity contribution in [3.8, 4) is 17.1 Å². The van der Waals surface area contributed by atoms with E-state index in [9.17, 15) is 0 Å². The zero-order chi connectivity index (χ0) is 14.9. The lowest BCUT2D eigenvalue weighted by Gasteiger charge is -2.38. The first kappa shape index (κ1) is 14.5. The van der Waals surface area contributed by atoms with E-state index < -0.39 is 0 Å². The molecule has 0 radical (unpaired) electrons. The molecule has 1 N–H and O–H groups in total. The normalized spacial score (nSPS) is 16.5. The van der Waals surface area contributed by atoms with Gasteiger partial charge in [-0.15, -0.1) is 0 Å². The molecular formula is C14H16BrN3O3. The molecule has 21 heavy (non-hydrogen) atoms. The average Bonchev–Trinajstić information content (AvgIpc) is 2.92. The van der Waals surface area contributed by atoms with Gasteiger partial charge >= 0.3 is 0 Å². The van der Waals surface area contributed by atoms with E-state index in [4.69, 9.17) is 14.0 Å². The van der Waals surface area contributed by atoms with Crippen molar-refractivity contribution in [2.75, 3.05) is 20.2 Å². The van der Waals surface area contributed by atoms with E-state index in [-0.39, 0.29) is 5.60 Å². The predicted molar refractivity (Wildman–Crippen MR) is 80.0 cm³/mol. The van der Waals surface area contributed by atoms with Crippen LogP contribution < -0.4 is 10.1 Å². The number of ether oxygens (including phenoxy) is 2. The molecule has 0 atom stereocenters. The van der Waals surface area contributed by atoms with Crippen LogP contribution in [0.2, 0.25) is 0 Å². The van der Waals surface area contributed by atoms with E-state index in [0.29, 0.717) is 18.3 Å². The van der Waals surface area contributed by atoms with Crippen molar-refractivity contribution in [2.24, 2.45) is 0 Å². The molecule has 1 saturated heterocycles. The molecule has 1 aromatic carbocycles. The molecule has 0 bridgehead atoms. The third-order valence-electron chi connectivity index (χ3n) is 3.42. The maximum absolute atomic E-state index is 5.77. The average molecular weight is 354 g/mol. The largest absolute Gasteiger partial charge is 0.496 e. The second-order valence-corrected chi connectivity index (χ2v) is 6.06. The first-order valence-electron chi connectivity index (χ1n) is 6.61. The summed E-state index contributed by atoms with van der Waals surface area (Å²) in [6.45, 7) is 4.07. The van der Waals surface area contributed by atoms with Crippen LogP contribution in [0.15, 0.2) is 27.2 Å². The minimum atomic E-state index is -0.127. The Morgan fingerprint density at radius 3 is 2.86 bits per heavy atom. The van der Waals surface area contributed by atoms with Gasteiger partial charge in [-0.25, -0.2) is 0 Å². The summed E-state index contributed by atoms with van der Waals surface area (Å²) in [6.07, 6.45) is 0. The fourth-order valence-corrected chi connectivity index (χ4v) is 2.59. The number of hydrogen-bond donors (Lipinski definition) is 1. The van der Waals surface area contributed by atoms with E-state index in [2.05, 4.69) is 38.3 Å². The first-order chi connectivity index (χ1) is 10.1. The van der Waals surface area contributed by atoms with Crippen LogP contribution in [-0.2, 0) is 11.3 Å². The molecule has 1 aromatic heterocycles. The Morgan fingerprint density at radius 2 is 2.24 bits per heavy atom. The van der Waals surface area contributed by atoms with Crippen LogP contribution in [0.25, 0.3) is 11.4 Å². The summed E-state index contributed by atoms with van der Waals surface area (Å²) < 4.78 is 17.0. The standard InChI is InChI=1S/C14H16BrN3O3/c1-14(7-16-8-14)20-6-12-17-13(18-21-12)9-3-4-11(19-2)10(15)5-9/h3-5,16H,6-8H2,1-2H3. The first-order valence-corrected chi connectivity index (χ1v) is 7.40. The number of methoxy groups -OCH3 is 1. The van der Waals surface area contributed by atoms with Gasteiger partial charge in [0.1, 0.15) is 12.4 Å². The molecule has 1 fully saturated rings. The zero-order valence-corrected chi connectivity index (χ0v) is 13.4. The number of rotatable bonds is 5. The Bertz CT molecular complexity index is 640. The van der Waals surface area contributed by atoms with Crippen LogP contribution in [0.4, 0.5) is 0 Å². The number of aromatic nitrogens is 2. The summed E-state index contributed by atoms with van der Waals surface area (Å²) >= 11 is 3.44. The Labute approximate surface area is 131 Å². The van der Waals surface area contributed by atoms with Gasteiger partial charge in [0.15, 0.2) is 0 Å². The second-order valence-electron chi connectivity index (χ2n) is 5.20. The van der Waals surface area contributed by atoms with Gasteiger partial charge in [-0.1, -0.05) is 5.16 Å². The fourth-order valence-electron chi connectivity index (χ4n) is 2.05. The quantitative estimate of drug-likeness (QED) is 0.889. The van der Waals surface area contributed by atoms with Gasteiger partial charge in [-0.2, -0.15) is 4.98 Å². The highest BCUT2D eigenvalue weighted by atomic mass is 79.9. The highest BCUT2D eigenvalue weighted by molar-refractivity contribution is 9.10. The van der Waals surface area contributed by atoms with Gasteiger partial charge in [0.25, 0.3) is 5.89 Å². The van der Waals surface area contributed by atoms with Crippen LogP contribution in [0, 0.1) is 0 Å². The minimum Gasteiger partial charge on any atom is -0.496 e. The van der Waals surface area contributed by atoms with Crippen molar-refractivity contribution in [1.29, 1.82) is 0 Å². The van der Waals surface area contributed by atoms with Crippen molar-refractivity contribution < 1.29 is 14.0 Å². The number of nitrogens with zero attached hydrogens (tertiary/aromatic N) is 2. The summed E-state index contributed by atoms with van der Waals surface area (Å²) in [6, 6.07) is 5.63. The van der Waals surface area contributed by atoms with E-state index in [0.717, 1.165) is 28.9 Å². The zero-order valence-electron chi connectivity index (χ0n) is 11.9. The number of hydrogen-bond acceptors (Lipinski definition) is 6. The molecular weight excluding hydrogens is 338 g/mol. The lowest BCUT2D eigenvalue weighted by atomic mass is 10.0. The molecule has 2 aromatic rings. The van der Waals surface area contributed by atoms with Gasteiger partial charge < -0.3 is 19.3 Å². The Morgan fingerprint density at radius 1 is 1.43 bits per heavy atom. The van der Waals surface area contributed by atoms with Crippen molar-refractivity contribution >= 4 is 15.9 Å². The molecule has 112 valence electrons. The van der Waals surface area contributed by atoms with Crippen molar-refractivity contribution in [1.82, 2.24) is 15.5 Å². The van der Waals surface area contributed by atoms with Crippen molar-refractivity contribution in [2.45, 2.75) is 19.1 Å². The molecule has 2 heterocycles. The van der Waals surface area contributed by atoms with Crippen LogP contribution in [-0.4, -0.2) is 35.9 Å². The maximum Gasteiger partial charge on any atom is 0.252 e. The molecule has 7 heteroatoms. The van der Waals surface area contributed by atoms with Crippen molar-refractivity contribution in [3.05, 3.63) is 28.6 Å². The molecule has 0 amide bonds. The van der Waals surface area contributed by atoms with Crippen LogP contribution >= 0.6 is 15.9 Å². The lowest BCUT2D eigenvalue weighted by Crippen LogP contribution is -2.58. The summed E-state index contributed by atoms with van der Waals surface area (Å²) in [4.78, 5) is 4.35. The third kappa shape index (κ3) is 3.09. The molecule has 0 spiro atoms. The summed E-state index contributed by atoms with van der Waals surface area (Å²) in [5.74, 6) is 1.77. The molecule has 6 nitrogen and oxygen atoms in total. The van der Waals surface area contributed by atoms with Crippen LogP contribution in [0.3, 0.4) is 0 Å². The summed E-state index contributed by atoms with van der Waals surface area (Å²) in [7, 11) is 1.62. The third-order valence-corrected chi connectivity index (χ3v) is 4.04. The topological polar surface area (TPSA) is 69.4 Å². The van der Waals surface area contributed by atoms with E-state index in [1.54, 1.807) is 7.11 Å². The van der Waals surface area contributed by atoms with Crippen LogP contribution in [0.1, 0.15) is 12.8 Å². The SMILES string of the molecule is COc1ccc(-c2noc(COC3(C)CNC3)n2)cc1Br. The second kappa shape index (κ2) is 5.75. The monoisotopic (exact) mass is 353 g/mol. The minimum absolute atomic E-state index is 0.127. The molecule has 0 saturated carbocycles. The van der Waals surface area contributed by atoms with Crippen LogP contribution in [0.5, 0.6) is 5.75 Å². The van der Waals surface area contributed by atoms with Crippen molar-refractivity contribution in [3.63, 3.8) is 0 Å². The smallest absolute Gasteiger partial charge is 0.252 e. The Hall–Kier alpha value is -1.44. The van der Waals surface area contributed by atoms with Gasteiger partial charge in [-0.3, -0.25) is 0 Å². The summed E-state index contributed by atoms with van der Waals surface area (Å²) in [5.41, 5.74) is 0.729. The Kier molecular flexibility index (Phi) is 3.97. The fraction of sp³-hybridized carbons (Fsp3) is 0.429. The number of nitrogens with one attached hydrogen (secondary N) is 1. The highest BCUT2D eigenvalue weighted by Gasteiger charge is 2.33. The Balaban J connectivity index is 1.70. The highest BCUT2D eigenvalue weighted by Crippen LogP contribution is 2.29. The number of benzene rings is 1. The van der Waals surface area contributed by atoms with Gasteiger partial charge in [-0.05, 0) is 41.1 Å². The lowest BCUT2D eigenvalue weighted by molar-refractivity contribution is -0.0841. The summed E-state index contributed by atoms with van der Waals surface area (Å²) in [5, 5.41) is 7.16.